The van der Waals surface area contributed by atoms with Crippen LogP contribution in [0.5, 0.6) is 0 Å². The number of ether oxygens (including phenoxy) is 1. The fourth-order valence-electron chi connectivity index (χ4n) is 1.19. The first kappa shape index (κ1) is 8.51. The molecule has 4 heteroatoms. The standard InChI is InChI=1S/C8H9ClNOS/c9-6-3-8(12-5-6)7-4-10-1-2-11-7/h3,5,7H,1-2,4H2. The smallest absolute Gasteiger partial charge is 0.106 e. The van der Waals surface area contributed by atoms with Crippen molar-refractivity contribution >= 4 is 22.9 Å². The van der Waals surface area contributed by atoms with Gasteiger partial charge in [0, 0.05) is 23.3 Å². The van der Waals surface area contributed by atoms with Crippen LogP contribution in [-0.4, -0.2) is 19.7 Å². The highest BCUT2D eigenvalue weighted by atomic mass is 35.5. The molecule has 1 aliphatic heterocycles. The minimum atomic E-state index is 0.149. The molecule has 1 unspecified atom stereocenters. The summed E-state index contributed by atoms with van der Waals surface area (Å²) >= 11 is 7.44. The highest BCUT2D eigenvalue weighted by Gasteiger charge is 2.17. The van der Waals surface area contributed by atoms with Gasteiger partial charge in [-0.25, -0.2) is 5.32 Å². The molecular formula is C8H9ClNOS. The van der Waals surface area contributed by atoms with Gasteiger partial charge in [-0.2, -0.15) is 0 Å². The number of halogens is 1. The molecule has 1 aromatic rings. The van der Waals surface area contributed by atoms with Crippen molar-refractivity contribution in [3.05, 3.63) is 21.3 Å². The van der Waals surface area contributed by atoms with Crippen LogP contribution in [0.4, 0.5) is 0 Å². The third kappa shape index (κ3) is 1.80. The van der Waals surface area contributed by atoms with Crippen molar-refractivity contribution in [1.82, 2.24) is 5.32 Å². The molecule has 12 heavy (non-hydrogen) atoms. The summed E-state index contributed by atoms with van der Waals surface area (Å²) in [5.74, 6) is 0. The molecule has 0 aromatic carbocycles. The molecule has 1 fully saturated rings. The third-order valence-corrected chi connectivity index (χ3v) is 3.14. The normalized spacial score (nSPS) is 24.2. The second-order valence-corrected chi connectivity index (χ2v) is 4.04. The second-order valence-electron chi connectivity index (χ2n) is 2.66. The van der Waals surface area contributed by atoms with Crippen molar-refractivity contribution in [3.8, 4) is 0 Å². The van der Waals surface area contributed by atoms with Crippen molar-refractivity contribution in [2.24, 2.45) is 0 Å². The summed E-state index contributed by atoms with van der Waals surface area (Å²) in [5, 5.41) is 7.00. The van der Waals surface area contributed by atoms with E-state index in [2.05, 4.69) is 5.32 Å². The Bertz CT molecular complexity index is 257. The maximum absolute atomic E-state index is 5.80. The van der Waals surface area contributed by atoms with Gasteiger partial charge in [-0.15, -0.1) is 11.3 Å². The lowest BCUT2D eigenvalue weighted by atomic mass is 10.2. The summed E-state index contributed by atoms with van der Waals surface area (Å²) in [5.41, 5.74) is 0. The Morgan fingerprint density at radius 2 is 2.58 bits per heavy atom. The van der Waals surface area contributed by atoms with Crippen LogP contribution in [0.25, 0.3) is 0 Å². The van der Waals surface area contributed by atoms with Gasteiger partial charge in [0.2, 0.25) is 0 Å². The molecule has 0 bridgehead atoms. The number of hydrogen-bond donors (Lipinski definition) is 0. The minimum Gasteiger partial charge on any atom is -0.370 e. The molecule has 2 heterocycles. The van der Waals surface area contributed by atoms with Gasteiger partial charge in [-0.05, 0) is 6.07 Å². The second kappa shape index (κ2) is 3.75. The molecule has 1 atom stereocenters. The Labute approximate surface area is 80.5 Å². The van der Waals surface area contributed by atoms with Gasteiger partial charge in [0.1, 0.15) is 6.10 Å². The van der Waals surface area contributed by atoms with E-state index in [0.29, 0.717) is 0 Å². The molecule has 1 saturated heterocycles. The van der Waals surface area contributed by atoms with E-state index in [1.807, 2.05) is 11.4 Å². The van der Waals surface area contributed by atoms with Gasteiger partial charge < -0.3 is 4.74 Å². The van der Waals surface area contributed by atoms with Gasteiger partial charge in [-0.3, -0.25) is 0 Å². The van der Waals surface area contributed by atoms with Gasteiger partial charge >= 0.3 is 0 Å². The largest absolute Gasteiger partial charge is 0.370 e. The monoisotopic (exact) mass is 202 g/mol. The van der Waals surface area contributed by atoms with Crippen LogP contribution in [-0.2, 0) is 4.74 Å². The molecule has 0 spiro atoms. The summed E-state index contributed by atoms with van der Waals surface area (Å²) in [6.07, 6.45) is 0.149. The molecule has 1 aromatic heterocycles. The lowest BCUT2D eigenvalue weighted by molar-refractivity contribution is 0.0283. The minimum absolute atomic E-state index is 0.149. The molecule has 0 aliphatic carbocycles. The highest BCUT2D eigenvalue weighted by molar-refractivity contribution is 7.10. The Morgan fingerprint density at radius 3 is 3.17 bits per heavy atom. The van der Waals surface area contributed by atoms with Crippen LogP contribution in [0.1, 0.15) is 11.0 Å². The van der Waals surface area contributed by atoms with E-state index >= 15 is 0 Å². The SMILES string of the molecule is Clc1csc(C2C[N]CCO2)c1. The zero-order valence-electron chi connectivity index (χ0n) is 6.50. The van der Waals surface area contributed by atoms with Gasteiger partial charge in [0.15, 0.2) is 0 Å². The van der Waals surface area contributed by atoms with Crippen molar-refractivity contribution in [2.45, 2.75) is 6.10 Å². The lowest BCUT2D eigenvalue weighted by Crippen LogP contribution is -2.27. The predicted octanol–water partition coefficient (Wildman–Crippen LogP) is 2.08. The zero-order valence-corrected chi connectivity index (χ0v) is 8.07. The predicted molar refractivity (Wildman–Crippen MR) is 49.9 cm³/mol. The molecule has 65 valence electrons. The van der Waals surface area contributed by atoms with Crippen LogP contribution < -0.4 is 5.32 Å². The van der Waals surface area contributed by atoms with Crippen LogP contribution >= 0.6 is 22.9 Å². The van der Waals surface area contributed by atoms with Gasteiger partial charge in [0.05, 0.1) is 11.6 Å². The molecule has 0 N–H and O–H groups in total. The number of hydrogen-bond acceptors (Lipinski definition) is 2. The summed E-state index contributed by atoms with van der Waals surface area (Å²) in [6, 6.07) is 1.96. The molecular weight excluding hydrogens is 194 g/mol. The number of morpholine rings is 1. The first-order valence-corrected chi connectivity index (χ1v) is 5.11. The maximum Gasteiger partial charge on any atom is 0.106 e. The number of nitrogens with zero attached hydrogens (tertiary/aromatic N) is 1. The summed E-state index contributed by atoms with van der Waals surface area (Å²) < 4.78 is 5.54. The first-order valence-electron chi connectivity index (χ1n) is 3.85. The van der Waals surface area contributed by atoms with Crippen LogP contribution in [0.3, 0.4) is 0 Å². The summed E-state index contributed by atoms with van der Waals surface area (Å²) in [7, 11) is 0. The number of rotatable bonds is 1. The molecule has 1 radical (unpaired) electrons. The zero-order chi connectivity index (χ0) is 8.39. The van der Waals surface area contributed by atoms with E-state index in [-0.39, 0.29) is 6.10 Å². The van der Waals surface area contributed by atoms with Crippen LogP contribution in [0.15, 0.2) is 11.4 Å². The van der Waals surface area contributed by atoms with E-state index in [1.165, 1.54) is 4.88 Å². The summed E-state index contributed by atoms with van der Waals surface area (Å²) in [6.45, 7) is 2.34. The fourth-order valence-corrected chi connectivity index (χ4v) is 2.31. The molecule has 2 rings (SSSR count). The van der Waals surface area contributed by atoms with E-state index in [0.717, 1.165) is 24.7 Å². The average molecular weight is 203 g/mol. The summed E-state index contributed by atoms with van der Waals surface area (Å²) in [4.78, 5) is 1.18. The van der Waals surface area contributed by atoms with E-state index in [4.69, 9.17) is 16.3 Å². The van der Waals surface area contributed by atoms with Crippen molar-refractivity contribution in [3.63, 3.8) is 0 Å². The average Bonchev–Trinajstić information content (AvgIpc) is 2.54. The maximum atomic E-state index is 5.80. The highest BCUT2D eigenvalue weighted by Crippen LogP contribution is 2.28. The first-order chi connectivity index (χ1) is 5.86. The molecule has 2 nitrogen and oxygen atoms in total. The fraction of sp³-hybridized carbons (Fsp3) is 0.500. The number of thiophene rings is 1. The van der Waals surface area contributed by atoms with E-state index in [9.17, 15) is 0 Å². The van der Waals surface area contributed by atoms with Gasteiger partial charge in [0.25, 0.3) is 0 Å². The Kier molecular flexibility index (Phi) is 2.66. The quantitative estimate of drug-likeness (QED) is 0.684. The van der Waals surface area contributed by atoms with Gasteiger partial charge in [-0.1, -0.05) is 11.6 Å². The Morgan fingerprint density at radius 1 is 1.67 bits per heavy atom. The van der Waals surface area contributed by atoms with Crippen molar-refractivity contribution in [2.75, 3.05) is 19.7 Å². The van der Waals surface area contributed by atoms with Crippen LogP contribution in [0, 0.1) is 0 Å². The molecule has 1 aliphatic rings. The van der Waals surface area contributed by atoms with Crippen molar-refractivity contribution in [1.29, 1.82) is 0 Å². The Hall–Kier alpha value is -0.0900. The van der Waals surface area contributed by atoms with Crippen LogP contribution in [0.2, 0.25) is 5.02 Å². The van der Waals surface area contributed by atoms with E-state index < -0.39 is 0 Å². The molecule has 0 saturated carbocycles. The van der Waals surface area contributed by atoms with E-state index in [1.54, 1.807) is 11.3 Å². The Balaban J connectivity index is 2.08. The van der Waals surface area contributed by atoms with Crippen molar-refractivity contribution < 1.29 is 4.74 Å². The topological polar surface area (TPSA) is 23.3 Å². The molecule has 0 amide bonds. The third-order valence-electron chi connectivity index (χ3n) is 1.77. The lowest BCUT2D eigenvalue weighted by Gasteiger charge is -2.20.